The Hall–Kier alpha value is -3.36. The zero-order valence-electron chi connectivity index (χ0n) is 22.8. The van der Waals surface area contributed by atoms with Gasteiger partial charge in [-0.1, -0.05) is 12.1 Å². The third-order valence-electron chi connectivity index (χ3n) is 6.81. The fourth-order valence-electron chi connectivity index (χ4n) is 5.00. The maximum absolute atomic E-state index is 13.0. The molecule has 0 aliphatic carbocycles. The van der Waals surface area contributed by atoms with E-state index in [9.17, 15) is 9.59 Å². The van der Waals surface area contributed by atoms with Gasteiger partial charge in [-0.3, -0.25) is 9.47 Å². The van der Waals surface area contributed by atoms with Crippen LogP contribution in [0.15, 0.2) is 42.6 Å². The van der Waals surface area contributed by atoms with Crippen LogP contribution in [-0.4, -0.2) is 72.9 Å². The first-order chi connectivity index (χ1) is 17.5. The Balaban J connectivity index is 1.72. The number of fused-ring (bicyclic) bond motifs is 1. The lowest BCUT2D eigenvalue weighted by Gasteiger charge is -2.40. The van der Waals surface area contributed by atoms with Crippen LogP contribution in [0.3, 0.4) is 0 Å². The number of likely N-dealkylation sites (N-methyl/N-ethyl adjacent to an activating group) is 1. The molecule has 0 bridgehead atoms. The molecule has 37 heavy (non-hydrogen) atoms. The SMILES string of the molecule is COC(=O)c1ccc([C@@H]2CN(C)CCN2Cc2c(OC)cc(C)c3c2ccn3C(=O)OC(C)(C)C)cc1. The Morgan fingerprint density at radius 1 is 1.05 bits per heavy atom. The van der Waals surface area contributed by atoms with Gasteiger partial charge in [0, 0.05) is 49.4 Å². The topological polar surface area (TPSA) is 73.2 Å². The van der Waals surface area contributed by atoms with E-state index in [0.717, 1.165) is 53.0 Å². The predicted molar refractivity (Wildman–Crippen MR) is 143 cm³/mol. The normalized spacial score (nSPS) is 17.1. The molecule has 8 heteroatoms. The molecule has 0 spiro atoms. The van der Waals surface area contributed by atoms with E-state index >= 15 is 0 Å². The molecule has 2 aromatic carbocycles. The number of nitrogens with zero attached hydrogens (tertiary/aromatic N) is 3. The standard InChI is InChI=1S/C29H37N3O5/c1-19-16-25(35-6)23(22-12-13-32(26(19)22)28(34)37-29(2,3)4)17-31-15-14-30(5)18-24(31)20-8-10-21(11-9-20)27(33)36-7/h8-13,16,24H,14-15,17-18H2,1-7H3/t24-/m0/s1. The maximum Gasteiger partial charge on any atom is 0.419 e. The van der Waals surface area contributed by atoms with Crippen molar-refractivity contribution in [1.82, 2.24) is 14.4 Å². The molecule has 3 aromatic rings. The number of rotatable bonds is 5. The van der Waals surface area contributed by atoms with Gasteiger partial charge in [0.05, 0.1) is 25.3 Å². The van der Waals surface area contributed by atoms with Crippen molar-refractivity contribution < 1.29 is 23.8 Å². The van der Waals surface area contributed by atoms with Crippen LogP contribution in [0.2, 0.25) is 0 Å². The highest BCUT2D eigenvalue weighted by atomic mass is 16.6. The van der Waals surface area contributed by atoms with E-state index in [2.05, 4.69) is 16.8 Å². The van der Waals surface area contributed by atoms with Crippen molar-refractivity contribution in [1.29, 1.82) is 0 Å². The van der Waals surface area contributed by atoms with Crippen molar-refractivity contribution in [2.75, 3.05) is 40.9 Å². The number of hydrogen-bond donors (Lipinski definition) is 0. The molecule has 1 fully saturated rings. The molecule has 1 saturated heterocycles. The summed E-state index contributed by atoms with van der Waals surface area (Å²) in [5.41, 5.74) is 3.89. The summed E-state index contributed by atoms with van der Waals surface area (Å²) in [6.07, 6.45) is 1.38. The highest BCUT2D eigenvalue weighted by Crippen LogP contribution is 2.36. The van der Waals surface area contributed by atoms with E-state index in [4.69, 9.17) is 14.2 Å². The lowest BCUT2D eigenvalue weighted by Crippen LogP contribution is -2.46. The van der Waals surface area contributed by atoms with Gasteiger partial charge < -0.3 is 19.1 Å². The lowest BCUT2D eigenvalue weighted by atomic mass is 9.98. The van der Waals surface area contributed by atoms with Crippen molar-refractivity contribution in [3.8, 4) is 5.75 Å². The second-order valence-electron chi connectivity index (χ2n) is 10.7. The average Bonchev–Trinajstić information content (AvgIpc) is 3.31. The number of carbonyl (C=O) groups excluding carboxylic acids is 2. The van der Waals surface area contributed by atoms with E-state index in [1.54, 1.807) is 17.9 Å². The van der Waals surface area contributed by atoms with Gasteiger partial charge in [-0.15, -0.1) is 0 Å². The number of hydrogen-bond acceptors (Lipinski definition) is 7. The first kappa shape index (κ1) is 26.7. The van der Waals surface area contributed by atoms with Crippen LogP contribution in [0.5, 0.6) is 5.75 Å². The van der Waals surface area contributed by atoms with Crippen LogP contribution in [0.4, 0.5) is 4.79 Å². The summed E-state index contributed by atoms with van der Waals surface area (Å²) >= 11 is 0. The van der Waals surface area contributed by atoms with Crippen molar-refractivity contribution in [2.24, 2.45) is 0 Å². The monoisotopic (exact) mass is 507 g/mol. The zero-order chi connectivity index (χ0) is 26.9. The minimum Gasteiger partial charge on any atom is -0.496 e. The van der Waals surface area contributed by atoms with E-state index in [1.807, 2.05) is 64.1 Å². The molecule has 1 aliphatic heterocycles. The fraction of sp³-hybridized carbons (Fsp3) is 0.448. The van der Waals surface area contributed by atoms with Crippen LogP contribution in [0, 0.1) is 6.92 Å². The molecular weight excluding hydrogens is 470 g/mol. The van der Waals surface area contributed by atoms with Gasteiger partial charge in [-0.05, 0) is 70.1 Å². The van der Waals surface area contributed by atoms with E-state index < -0.39 is 11.7 Å². The molecular formula is C29H37N3O5. The number of ether oxygens (including phenoxy) is 3. The molecule has 4 rings (SSSR count). The molecule has 1 aliphatic rings. The van der Waals surface area contributed by atoms with Crippen LogP contribution >= 0.6 is 0 Å². The van der Waals surface area contributed by atoms with E-state index in [0.29, 0.717) is 12.1 Å². The number of benzene rings is 2. The lowest BCUT2D eigenvalue weighted by molar-refractivity contribution is 0.0542. The summed E-state index contributed by atoms with van der Waals surface area (Å²) < 4.78 is 17.9. The molecule has 0 amide bonds. The van der Waals surface area contributed by atoms with Crippen LogP contribution in [0.25, 0.3) is 10.9 Å². The summed E-state index contributed by atoms with van der Waals surface area (Å²) in [7, 11) is 5.20. The van der Waals surface area contributed by atoms with Crippen LogP contribution in [-0.2, 0) is 16.0 Å². The Morgan fingerprint density at radius 2 is 1.76 bits per heavy atom. The third kappa shape index (κ3) is 5.65. The smallest absolute Gasteiger partial charge is 0.419 e. The number of aryl methyl sites for hydroxylation is 1. The first-order valence-electron chi connectivity index (χ1n) is 12.5. The molecule has 1 aromatic heterocycles. The Morgan fingerprint density at radius 3 is 2.38 bits per heavy atom. The van der Waals surface area contributed by atoms with Gasteiger partial charge >= 0.3 is 12.1 Å². The van der Waals surface area contributed by atoms with Crippen molar-refractivity contribution in [3.63, 3.8) is 0 Å². The van der Waals surface area contributed by atoms with Gasteiger partial charge in [-0.2, -0.15) is 0 Å². The number of esters is 1. The molecule has 0 radical (unpaired) electrons. The number of piperazine rings is 1. The fourth-order valence-corrected chi connectivity index (χ4v) is 5.00. The van der Waals surface area contributed by atoms with Crippen molar-refractivity contribution in [2.45, 2.75) is 45.9 Å². The highest BCUT2D eigenvalue weighted by Gasteiger charge is 2.29. The summed E-state index contributed by atoms with van der Waals surface area (Å²) in [6, 6.07) is 11.7. The first-order valence-corrected chi connectivity index (χ1v) is 12.5. The van der Waals surface area contributed by atoms with Crippen LogP contribution in [0.1, 0.15) is 53.9 Å². The van der Waals surface area contributed by atoms with Gasteiger partial charge in [0.15, 0.2) is 0 Å². The van der Waals surface area contributed by atoms with E-state index in [-0.39, 0.29) is 12.0 Å². The molecule has 0 unspecified atom stereocenters. The van der Waals surface area contributed by atoms with Gasteiger partial charge in [0.1, 0.15) is 11.4 Å². The Kier molecular flexibility index (Phi) is 7.62. The number of methoxy groups -OCH3 is 2. The summed E-state index contributed by atoms with van der Waals surface area (Å²) in [4.78, 5) is 29.6. The maximum atomic E-state index is 13.0. The third-order valence-corrected chi connectivity index (χ3v) is 6.81. The zero-order valence-corrected chi connectivity index (χ0v) is 22.8. The van der Waals surface area contributed by atoms with Crippen molar-refractivity contribution >= 4 is 23.0 Å². The average molecular weight is 508 g/mol. The second-order valence-corrected chi connectivity index (χ2v) is 10.7. The van der Waals surface area contributed by atoms with Crippen LogP contribution < -0.4 is 4.74 Å². The van der Waals surface area contributed by atoms with E-state index in [1.165, 1.54) is 7.11 Å². The predicted octanol–water partition coefficient (Wildman–Crippen LogP) is 5.02. The minimum atomic E-state index is -0.590. The second kappa shape index (κ2) is 10.6. The molecule has 2 heterocycles. The Bertz CT molecular complexity index is 1290. The molecule has 0 N–H and O–H groups in total. The van der Waals surface area contributed by atoms with Gasteiger partial charge in [0.2, 0.25) is 0 Å². The Labute approximate surface area is 218 Å². The van der Waals surface area contributed by atoms with Gasteiger partial charge in [-0.25, -0.2) is 9.59 Å². The summed E-state index contributed by atoms with van der Waals surface area (Å²) in [5.74, 6) is 0.455. The quantitative estimate of drug-likeness (QED) is 0.449. The molecule has 1 atom stereocenters. The summed E-state index contributed by atoms with van der Waals surface area (Å²) in [6.45, 7) is 10.9. The summed E-state index contributed by atoms with van der Waals surface area (Å²) in [5, 5.41) is 0.974. The van der Waals surface area contributed by atoms with Gasteiger partial charge in [0.25, 0.3) is 0 Å². The van der Waals surface area contributed by atoms with Crippen molar-refractivity contribution in [3.05, 3.63) is 64.8 Å². The largest absolute Gasteiger partial charge is 0.496 e. The number of carbonyl (C=O) groups is 2. The minimum absolute atomic E-state index is 0.124. The molecule has 0 saturated carbocycles. The molecule has 8 nitrogen and oxygen atoms in total. The number of aromatic nitrogens is 1. The highest BCUT2D eigenvalue weighted by molar-refractivity contribution is 5.95. The molecule has 198 valence electrons.